The number of rotatable bonds is 13. The molecule has 0 atom stereocenters. The average Bonchev–Trinajstić information content (AvgIpc) is 2.67. The summed E-state index contributed by atoms with van der Waals surface area (Å²) in [5, 5.41) is 2.96. The second kappa shape index (κ2) is 12.6. The Hall–Kier alpha value is -2.08. The van der Waals surface area contributed by atoms with E-state index in [4.69, 9.17) is 14.2 Å². The van der Waals surface area contributed by atoms with E-state index < -0.39 is 11.6 Å². The molecule has 0 fully saturated rings. The number of nitrogens with one attached hydrogen (secondary N) is 1. The fourth-order valence-corrected chi connectivity index (χ4v) is 3.62. The Morgan fingerprint density at radius 1 is 1.07 bits per heavy atom. The Kier molecular flexibility index (Phi) is 10.9. The van der Waals surface area contributed by atoms with E-state index >= 15 is 0 Å². The van der Waals surface area contributed by atoms with Gasteiger partial charge in [-0.1, -0.05) is 41.0 Å². The minimum Gasteiger partial charge on any atom is -0.493 e. The topological polar surface area (TPSA) is 73.9 Å². The zero-order valence-corrected chi connectivity index (χ0v) is 19.7. The van der Waals surface area contributed by atoms with Crippen LogP contribution in [0.25, 0.3) is 0 Å². The van der Waals surface area contributed by atoms with E-state index in [0.29, 0.717) is 54.9 Å². The molecule has 0 aliphatic heterocycles. The minimum absolute atomic E-state index is 0.192. The van der Waals surface area contributed by atoms with E-state index in [9.17, 15) is 9.59 Å². The lowest BCUT2D eigenvalue weighted by Crippen LogP contribution is -2.47. The summed E-state index contributed by atoms with van der Waals surface area (Å²) < 4.78 is 16.7. The third kappa shape index (κ3) is 7.63. The summed E-state index contributed by atoms with van der Waals surface area (Å²) in [7, 11) is 1.33. The second-order valence-corrected chi connectivity index (χ2v) is 8.48. The van der Waals surface area contributed by atoms with Gasteiger partial charge in [-0.25, -0.2) is 4.79 Å². The summed E-state index contributed by atoms with van der Waals surface area (Å²) in [4.78, 5) is 25.6. The van der Waals surface area contributed by atoms with Gasteiger partial charge in [-0.3, -0.25) is 4.79 Å². The lowest BCUT2D eigenvalue weighted by atomic mass is 9.83. The first kappa shape index (κ1) is 26.0. The molecule has 1 rings (SSSR count). The van der Waals surface area contributed by atoms with E-state index in [2.05, 4.69) is 39.9 Å². The van der Waals surface area contributed by atoms with E-state index in [1.807, 2.05) is 6.92 Å². The molecule has 30 heavy (non-hydrogen) atoms. The predicted octanol–water partition coefficient (Wildman–Crippen LogP) is 5.46. The van der Waals surface area contributed by atoms with Crippen molar-refractivity contribution in [3.63, 3.8) is 0 Å². The van der Waals surface area contributed by atoms with E-state index in [1.165, 1.54) is 7.11 Å². The van der Waals surface area contributed by atoms with Crippen LogP contribution in [0.1, 0.15) is 77.6 Å². The largest absolute Gasteiger partial charge is 0.493 e. The lowest BCUT2D eigenvalue weighted by molar-refractivity contribution is -0.146. The first-order chi connectivity index (χ1) is 14.2. The van der Waals surface area contributed by atoms with Crippen molar-refractivity contribution >= 4 is 17.6 Å². The Bertz CT molecular complexity index is 674. The molecule has 0 aliphatic carbocycles. The van der Waals surface area contributed by atoms with Crippen molar-refractivity contribution in [2.75, 3.05) is 25.6 Å². The molecular formula is C24H39NO5. The molecule has 1 N–H and O–H groups in total. The Morgan fingerprint density at radius 3 is 2.20 bits per heavy atom. The van der Waals surface area contributed by atoms with Gasteiger partial charge in [0.15, 0.2) is 0 Å². The molecule has 0 bridgehead atoms. The van der Waals surface area contributed by atoms with Crippen LogP contribution in [0.5, 0.6) is 5.75 Å². The smallest absolute Gasteiger partial charge is 0.341 e. The molecule has 0 radical (unpaired) electrons. The molecule has 6 heteroatoms. The molecule has 1 amide bonds. The molecule has 0 aromatic heterocycles. The molecule has 6 nitrogen and oxygen atoms in total. The van der Waals surface area contributed by atoms with Gasteiger partial charge in [0.1, 0.15) is 16.9 Å². The van der Waals surface area contributed by atoms with Gasteiger partial charge in [-0.2, -0.15) is 0 Å². The van der Waals surface area contributed by atoms with Crippen molar-refractivity contribution in [1.29, 1.82) is 0 Å². The summed E-state index contributed by atoms with van der Waals surface area (Å²) >= 11 is 0. The van der Waals surface area contributed by atoms with Crippen LogP contribution >= 0.6 is 0 Å². The fraction of sp³-hybridized carbons (Fsp3) is 0.667. The van der Waals surface area contributed by atoms with Crippen LogP contribution < -0.4 is 10.1 Å². The van der Waals surface area contributed by atoms with Gasteiger partial charge in [0.25, 0.3) is 5.91 Å². The zero-order chi connectivity index (χ0) is 22.7. The maximum atomic E-state index is 13.4. The summed E-state index contributed by atoms with van der Waals surface area (Å²) in [6, 6.07) is 5.05. The Balaban J connectivity index is 3.19. The number of methoxy groups -OCH3 is 1. The van der Waals surface area contributed by atoms with Crippen LogP contribution in [0, 0.1) is 11.8 Å². The van der Waals surface area contributed by atoms with Crippen molar-refractivity contribution in [2.45, 2.75) is 72.8 Å². The van der Waals surface area contributed by atoms with Crippen LogP contribution in [0.4, 0.5) is 5.69 Å². The van der Waals surface area contributed by atoms with Crippen molar-refractivity contribution in [2.24, 2.45) is 11.8 Å². The molecule has 0 saturated carbocycles. The predicted molar refractivity (Wildman–Crippen MR) is 120 cm³/mol. The number of carbonyl (C=O) groups is 2. The van der Waals surface area contributed by atoms with Crippen LogP contribution in [0.3, 0.4) is 0 Å². The zero-order valence-electron chi connectivity index (χ0n) is 19.7. The Labute approximate surface area is 181 Å². The molecule has 0 heterocycles. The fourth-order valence-electron chi connectivity index (χ4n) is 3.62. The van der Waals surface area contributed by atoms with Crippen molar-refractivity contribution in [1.82, 2.24) is 0 Å². The average molecular weight is 422 g/mol. The maximum absolute atomic E-state index is 13.4. The number of hydrogen-bond acceptors (Lipinski definition) is 5. The molecule has 1 aromatic rings. The number of unbranched alkanes of at least 4 members (excludes halogenated alkanes) is 1. The standard InChI is InChI=1S/C24H39NO5/c1-8-10-13-29-21-12-11-19(14-20(21)22(26)28-7)25-23(27)24(30-9-2,15-17(3)4)16-18(5)6/h11-12,14,17-18H,8-10,13,15-16H2,1-7H3,(H,25,27). The van der Waals surface area contributed by atoms with E-state index in [0.717, 1.165) is 12.8 Å². The van der Waals surface area contributed by atoms with Gasteiger partial charge in [0.05, 0.1) is 13.7 Å². The summed E-state index contributed by atoms with van der Waals surface area (Å²) in [5.74, 6) is 0.344. The van der Waals surface area contributed by atoms with E-state index in [-0.39, 0.29) is 5.91 Å². The Morgan fingerprint density at radius 2 is 1.70 bits per heavy atom. The monoisotopic (exact) mass is 421 g/mol. The van der Waals surface area contributed by atoms with Crippen molar-refractivity contribution in [3.8, 4) is 5.75 Å². The van der Waals surface area contributed by atoms with Crippen LogP contribution in [0.15, 0.2) is 18.2 Å². The summed E-state index contributed by atoms with van der Waals surface area (Å²) in [5.41, 5.74) is -0.111. The van der Waals surface area contributed by atoms with Crippen LogP contribution in [-0.4, -0.2) is 37.8 Å². The first-order valence-corrected chi connectivity index (χ1v) is 11.0. The first-order valence-electron chi connectivity index (χ1n) is 11.0. The van der Waals surface area contributed by atoms with Crippen LogP contribution in [0.2, 0.25) is 0 Å². The van der Waals surface area contributed by atoms with Gasteiger partial charge in [0.2, 0.25) is 0 Å². The SMILES string of the molecule is CCCCOc1ccc(NC(=O)C(CC(C)C)(CC(C)C)OCC)cc1C(=O)OC. The molecule has 0 spiro atoms. The highest BCUT2D eigenvalue weighted by Crippen LogP contribution is 2.32. The molecule has 170 valence electrons. The number of ether oxygens (including phenoxy) is 3. The highest BCUT2D eigenvalue weighted by Gasteiger charge is 2.40. The van der Waals surface area contributed by atoms with E-state index in [1.54, 1.807) is 18.2 Å². The normalized spacial score (nSPS) is 11.6. The number of benzene rings is 1. The number of esters is 1. The number of carbonyl (C=O) groups excluding carboxylic acids is 2. The quantitative estimate of drug-likeness (QED) is 0.338. The highest BCUT2D eigenvalue weighted by atomic mass is 16.5. The van der Waals surface area contributed by atoms with Crippen molar-refractivity contribution in [3.05, 3.63) is 23.8 Å². The summed E-state index contributed by atoms with van der Waals surface area (Å²) in [6.45, 7) is 13.3. The van der Waals surface area contributed by atoms with Gasteiger partial charge >= 0.3 is 5.97 Å². The van der Waals surface area contributed by atoms with Gasteiger partial charge in [-0.15, -0.1) is 0 Å². The molecular weight excluding hydrogens is 382 g/mol. The van der Waals surface area contributed by atoms with Gasteiger partial charge < -0.3 is 19.5 Å². The number of amides is 1. The molecule has 0 unspecified atom stereocenters. The highest BCUT2D eigenvalue weighted by molar-refractivity contribution is 5.99. The maximum Gasteiger partial charge on any atom is 0.341 e. The third-order valence-electron chi connectivity index (χ3n) is 4.71. The number of anilines is 1. The van der Waals surface area contributed by atoms with Gasteiger partial charge in [0, 0.05) is 12.3 Å². The lowest BCUT2D eigenvalue weighted by Gasteiger charge is -2.35. The molecule has 0 aliphatic rings. The van der Waals surface area contributed by atoms with Crippen LogP contribution in [-0.2, 0) is 14.3 Å². The molecule has 0 saturated heterocycles. The van der Waals surface area contributed by atoms with Gasteiger partial charge in [-0.05, 0) is 56.2 Å². The molecule has 1 aromatic carbocycles. The number of hydrogen-bond donors (Lipinski definition) is 1. The second-order valence-electron chi connectivity index (χ2n) is 8.48. The summed E-state index contributed by atoms with van der Waals surface area (Å²) in [6.07, 6.45) is 3.12. The third-order valence-corrected chi connectivity index (χ3v) is 4.71. The minimum atomic E-state index is -0.918. The van der Waals surface area contributed by atoms with Crippen molar-refractivity contribution < 1.29 is 23.8 Å².